The smallest absolute Gasteiger partial charge is 0.200 e. The van der Waals surface area contributed by atoms with E-state index in [4.69, 9.17) is 9.47 Å². The molecule has 0 aliphatic carbocycles. The van der Waals surface area contributed by atoms with Gasteiger partial charge in [-0.1, -0.05) is 18.2 Å². The van der Waals surface area contributed by atoms with Gasteiger partial charge in [-0.25, -0.2) is 8.78 Å². The van der Waals surface area contributed by atoms with Crippen molar-refractivity contribution in [3.05, 3.63) is 105 Å². The van der Waals surface area contributed by atoms with Gasteiger partial charge in [0.2, 0.25) is 5.43 Å². The molecule has 4 aromatic rings. The molecule has 0 N–H and O–H groups in total. The average molecular weight is 449 g/mol. The number of carbonyl (C=O) groups excluding carboxylic acids is 1. The summed E-state index contributed by atoms with van der Waals surface area (Å²) in [5.74, 6) is -1.19. The lowest BCUT2D eigenvalue weighted by atomic mass is 10.0. The van der Waals surface area contributed by atoms with Crippen molar-refractivity contribution in [3.8, 4) is 11.5 Å². The van der Waals surface area contributed by atoms with Crippen molar-refractivity contribution < 1.29 is 23.0 Å². The fourth-order valence-electron chi connectivity index (χ4n) is 3.78. The highest BCUT2D eigenvalue weighted by Gasteiger charge is 2.20. The van der Waals surface area contributed by atoms with Crippen LogP contribution >= 0.6 is 0 Å². The van der Waals surface area contributed by atoms with Crippen LogP contribution < -0.4 is 14.9 Å². The molecule has 0 saturated heterocycles. The van der Waals surface area contributed by atoms with Crippen LogP contribution in [0.25, 0.3) is 10.9 Å². The Morgan fingerprint density at radius 3 is 2.45 bits per heavy atom. The van der Waals surface area contributed by atoms with Gasteiger partial charge < -0.3 is 14.0 Å². The summed E-state index contributed by atoms with van der Waals surface area (Å²) < 4.78 is 41.0. The Hall–Kier alpha value is -4.00. The monoisotopic (exact) mass is 449 g/mol. The molecule has 0 spiro atoms. The highest BCUT2D eigenvalue weighted by molar-refractivity contribution is 6.10. The highest BCUT2D eigenvalue weighted by atomic mass is 19.1. The molecule has 168 valence electrons. The lowest BCUT2D eigenvalue weighted by Gasteiger charge is -2.16. The van der Waals surface area contributed by atoms with Crippen molar-refractivity contribution in [2.45, 2.75) is 13.5 Å². The Morgan fingerprint density at radius 2 is 1.76 bits per heavy atom. The van der Waals surface area contributed by atoms with E-state index >= 15 is 0 Å². The van der Waals surface area contributed by atoms with Gasteiger partial charge >= 0.3 is 0 Å². The fourth-order valence-corrected chi connectivity index (χ4v) is 3.78. The van der Waals surface area contributed by atoms with Crippen molar-refractivity contribution in [1.82, 2.24) is 4.57 Å². The van der Waals surface area contributed by atoms with Gasteiger partial charge in [0.25, 0.3) is 0 Å². The minimum atomic E-state index is -0.897. The third-order valence-corrected chi connectivity index (χ3v) is 5.29. The normalized spacial score (nSPS) is 10.9. The number of halogens is 2. The van der Waals surface area contributed by atoms with Crippen LogP contribution in [0, 0.1) is 11.6 Å². The van der Waals surface area contributed by atoms with Gasteiger partial charge in [0.05, 0.1) is 36.7 Å². The number of ketones is 1. The standard InChI is InChI=1S/C26H21F2NO4/c1-3-33-19-10-8-16(9-11-19)25(30)21-15-29(14-17-6-4-5-7-23(17)32-2)24-20(26(21)31)12-18(27)13-22(24)28/h4-13,15H,3,14H2,1-2H3. The van der Waals surface area contributed by atoms with Crippen molar-refractivity contribution in [1.29, 1.82) is 0 Å². The van der Waals surface area contributed by atoms with Gasteiger partial charge in [-0.3, -0.25) is 9.59 Å². The molecule has 0 unspecified atom stereocenters. The van der Waals surface area contributed by atoms with Crippen molar-refractivity contribution in [2.75, 3.05) is 13.7 Å². The Morgan fingerprint density at radius 1 is 1.03 bits per heavy atom. The number of benzene rings is 3. The molecule has 0 aliphatic heterocycles. The second-order valence-corrected chi connectivity index (χ2v) is 7.38. The number of hydrogen-bond donors (Lipinski definition) is 0. The van der Waals surface area contributed by atoms with Gasteiger partial charge in [0.1, 0.15) is 17.3 Å². The van der Waals surface area contributed by atoms with Crippen LogP contribution in [0.2, 0.25) is 0 Å². The summed E-state index contributed by atoms with van der Waals surface area (Å²) in [6.07, 6.45) is 1.32. The van der Waals surface area contributed by atoms with Gasteiger partial charge in [0, 0.05) is 23.4 Å². The topological polar surface area (TPSA) is 57.5 Å². The van der Waals surface area contributed by atoms with Gasteiger partial charge in [0.15, 0.2) is 11.6 Å². The molecule has 7 heteroatoms. The van der Waals surface area contributed by atoms with Crippen LogP contribution in [0.4, 0.5) is 8.78 Å². The van der Waals surface area contributed by atoms with E-state index in [0.29, 0.717) is 29.7 Å². The summed E-state index contributed by atoms with van der Waals surface area (Å²) in [5, 5.41) is -0.209. The van der Waals surface area contributed by atoms with Crippen LogP contribution in [0.3, 0.4) is 0 Å². The molecular weight excluding hydrogens is 428 g/mol. The number of hydrogen-bond acceptors (Lipinski definition) is 4. The molecule has 0 saturated carbocycles. The number of rotatable bonds is 7. The quantitative estimate of drug-likeness (QED) is 0.374. The number of pyridine rings is 1. The van der Waals surface area contributed by atoms with E-state index in [1.165, 1.54) is 17.9 Å². The molecule has 1 heterocycles. The predicted molar refractivity (Wildman–Crippen MR) is 121 cm³/mol. The Kier molecular flexibility index (Phi) is 6.22. The molecule has 0 aliphatic rings. The molecule has 0 amide bonds. The van der Waals surface area contributed by atoms with E-state index in [9.17, 15) is 18.4 Å². The van der Waals surface area contributed by atoms with E-state index in [-0.39, 0.29) is 28.6 Å². The predicted octanol–water partition coefficient (Wildman–Crippen LogP) is 4.97. The first-order valence-corrected chi connectivity index (χ1v) is 10.3. The van der Waals surface area contributed by atoms with Gasteiger partial charge in [-0.05, 0) is 43.3 Å². The molecule has 4 rings (SSSR count). The van der Waals surface area contributed by atoms with Crippen LogP contribution in [-0.2, 0) is 6.54 Å². The molecule has 0 fully saturated rings. The summed E-state index contributed by atoms with van der Waals surface area (Å²) in [6, 6.07) is 15.2. The maximum Gasteiger partial charge on any atom is 0.200 e. The first-order valence-electron chi connectivity index (χ1n) is 10.3. The summed E-state index contributed by atoms with van der Waals surface area (Å²) in [7, 11) is 1.51. The number of carbonyl (C=O) groups is 1. The first kappa shape index (κ1) is 22.2. The van der Waals surface area contributed by atoms with Gasteiger partial charge in [-0.2, -0.15) is 0 Å². The molecule has 33 heavy (non-hydrogen) atoms. The molecule has 0 radical (unpaired) electrons. The minimum Gasteiger partial charge on any atom is -0.496 e. The maximum atomic E-state index is 14.8. The third-order valence-electron chi connectivity index (χ3n) is 5.29. The molecular formula is C26H21F2NO4. The number of ether oxygens (including phenoxy) is 2. The minimum absolute atomic E-state index is 0.0875. The Balaban J connectivity index is 1.89. The fraction of sp³-hybridized carbons (Fsp3) is 0.154. The van der Waals surface area contributed by atoms with E-state index < -0.39 is 22.8 Å². The van der Waals surface area contributed by atoms with Crippen molar-refractivity contribution >= 4 is 16.7 Å². The van der Waals surface area contributed by atoms with E-state index in [1.807, 2.05) is 6.92 Å². The molecule has 0 atom stereocenters. The van der Waals surface area contributed by atoms with Crippen LogP contribution in [0.1, 0.15) is 28.4 Å². The summed E-state index contributed by atoms with van der Waals surface area (Å²) in [5.41, 5.74) is -0.0515. The highest BCUT2D eigenvalue weighted by Crippen LogP contribution is 2.24. The second-order valence-electron chi connectivity index (χ2n) is 7.38. The average Bonchev–Trinajstić information content (AvgIpc) is 2.81. The zero-order valence-corrected chi connectivity index (χ0v) is 18.1. The zero-order valence-electron chi connectivity index (χ0n) is 18.1. The second kappa shape index (κ2) is 9.24. The Labute approximate surface area is 188 Å². The lowest BCUT2D eigenvalue weighted by Crippen LogP contribution is -2.21. The number of nitrogens with zero attached hydrogens (tertiary/aromatic N) is 1. The first-order chi connectivity index (χ1) is 15.9. The van der Waals surface area contributed by atoms with Crippen LogP contribution in [0.5, 0.6) is 11.5 Å². The number of methoxy groups -OCH3 is 1. The SMILES string of the molecule is CCOc1ccc(C(=O)c2cn(Cc3ccccc3OC)c3c(F)cc(F)cc3c2=O)cc1. The largest absolute Gasteiger partial charge is 0.496 e. The molecule has 3 aromatic carbocycles. The zero-order chi connectivity index (χ0) is 23.5. The van der Waals surface area contributed by atoms with Crippen LogP contribution in [0.15, 0.2) is 71.7 Å². The molecule has 0 bridgehead atoms. The summed E-state index contributed by atoms with van der Waals surface area (Å²) in [4.78, 5) is 26.3. The number of para-hydroxylation sites is 1. The maximum absolute atomic E-state index is 14.8. The summed E-state index contributed by atoms with van der Waals surface area (Å²) in [6.45, 7) is 2.42. The van der Waals surface area contributed by atoms with E-state index in [0.717, 1.165) is 6.07 Å². The third kappa shape index (κ3) is 4.35. The lowest BCUT2D eigenvalue weighted by molar-refractivity contribution is 0.103. The Bertz CT molecular complexity index is 1390. The van der Waals surface area contributed by atoms with E-state index in [1.54, 1.807) is 48.5 Å². The van der Waals surface area contributed by atoms with E-state index in [2.05, 4.69) is 0 Å². The van der Waals surface area contributed by atoms with Crippen LogP contribution in [-0.4, -0.2) is 24.1 Å². The van der Waals surface area contributed by atoms with Crippen molar-refractivity contribution in [2.24, 2.45) is 0 Å². The number of aromatic nitrogens is 1. The summed E-state index contributed by atoms with van der Waals surface area (Å²) >= 11 is 0. The molecule has 5 nitrogen and oxygen atoms in total. The van der Waals surface area contributed by atoms with Crippen molar-refractivity contribution in [3.63, 3.8) is 0 Å². The molecule has 1 aromatic heterocycles. The van der Waals surface area contributed by atoms with Gasteiger partial charge in [-0.15, -0.1) is 0 Å². The number of fused-ring (bicyclic) bond motifs is 1.